The van der Waals surface area contributed by atoms with E-state index in [-0.39, 0.29) is 5.97 Å². The largest absolute Gasteiger partial charge is 0.462 e. The summed E-state index contributed by atoms with van der Waals surface area (Å²) in [6.45, 7) is 4.71. The van der Waals surface area contributed by atoms with Crippen LogP contribution in [0.25, 0.3) is 0 Å². The van der Waals surface area contributed by atoms with Gasteiger partial charge in [-0.25, -0.2) is 4.79 Å². The van der Waals surface area contributed by atoms with Crippen LogP contribution in [0.2, 0.25) is 0 Å². The van der Waals surface area contributed by atoms with E-state index in [1.54, 1.807) is 6.20 Å². The van der Waals surface area contributed by atoms with Crippen LogP contribution in [0.1, 0.15) is 87.1 Å². The van der Waals surface area contributed by atoms with E-state index >= 15 is 0 Å². The fraction of sp³-hybridized carbons (Fsp3) is 0.722. The molecule has 0 unspecified atom stereocenters. The van der Waals surface area contributed by atoms with Crippen molar-refractivity contribution in [1.29, 1.82) is 0 Å². The molecule has 21 heavy (non-hydrogen) atoms. The van der Waals surface area contributed by atoms with Crippen LogP contribution < -0.4 is 0 Å². The first-order valence-corrected chi connectivity index (χ1v) is 8.56. The summed E-state index contributed by atoms with van der Waals surface area (Å²) in [5, 5.41) is 0. The normalized spacial score (nSPS) is 10.8. The molecule has 1 N–H and O–H groups in total. The lowest BCUT2D eigenvalue weighted by Gasteiger charge is -2.05. The Balaban J connectivity index is 1.89. The lowest BCUT2D eigenvalue weighted by Crippen LogP contribution is -2.06. The second-order valence-corrected chi connectivity index (χ2v) is 5.87. The first-order valence-electron chi connectivity index (χ1n) is 8.56. The van der Waals surface area contributed by atoms with E-state index in [4.69, 9.17) is 4.74 Å². The molecule has 3 heteroatoms. The maximum absolute atomic E-state index is 11.7. The SMILES string of the molecule is CCCCCCCCCCCCOC(=O)c1c[nH]cc1C. The van der Waals surface area contributed by atoms with Gasteiger partial charge in [0.05, 0.1) is 12.2 Å². The summed E-state index contributed by atoms with van der Waals surface area (Å²) < 4.78 is 5.28. The minimum atomic E-state index is -0.204. The van der Waals surface area contributed by atoms with Crippen LogP contribution in [0, 0.1) is 6.92 Å². The molecule has 1 heterocycles. The summed E-state index contributed by atoms with van der Waals surface area (Å²) in [5.74, 6) is -0.204. The number of aromatic nitrogens is 1. The fourth-order valence-corrected chi connectivity index (χ4v) is 2.49. The Morgan fingerprint density at radius 1 is 0.952 bits per heavy atom. The van der Waals surface area contributed by atoms with Crippen molar-refractivity contribution in [1.82, 2.24) is 4.98 Å². The highest BCUT2D eigenvalue weighted by atomic mass is 16.5. The van der Waals surface area contributed by atoms with Gasteiger partial charge >= 0.3 is 5.97 Å². The number of esters is 1. The Kier molecular flexibility index (Phi) is 9.68. The van der Waals surface area contributed by atoms with Gasteiger partial charge in [0.25, 0.3) is 0 Å². The smallest absolute Gasteiger partial charge is 0.339 e. The van der Waals surface area contributed by atoms with Gasteiger partial charge in [0.2, 0.25) is 0 Å². The lowest BCUT2D eigenvalue weighted by atomic mass is 10.1. The zero-order valence-electron chi connectivity index (χ0n) is 13.7. The number of carbonyl (C=O) groups excluding carboxylic acids is 1. The summed E-state index contributed by atoms with van der Waals surface area (Å²) in [4.78, 5) is 14.7. The number of hydrogen-bond donors (Lipinski definition) is 1. The molecule has 0 aliphatic rings. The molecule has 1 rings (SSSR count). The summed E-state index contributed by atoms with van der Waals surface area (Å²) >= 11 is 0. The summed E-state index contributed by atoms with van der Waals surface area (Å²) in [5.41, 5.74) is 1.60. The molecule has 0 saturated carbocycles. The van der Waals surface area contributed by atoms with Crippen LogP contribution in [0.5, 0.6) is 0 Å². The summed E-state index contributed by atoms with van der Waals surface area (Å²) in [6.07, 6.45) is 16.4. The molecule has 0 aliphatic heterocycles. The third-order valence-corrected chi connectivity index (χ3v) is 3.90. The van der Waals surface area contributed by atoms with Gasteiger partial charge < -0.3 is 9.72 Å². The molecular formula is C18H31NO2. The van der Waals surface area contributed by atoms with Gasteiger partial charge in [-0.3, -0.25) is 0 Å². The minimum absolute atomic E-state index is 0.204. The molecule has 0 radical (unpaired) electrons. The molecule has 0 aromatic carbocycles. The van der Waals surface area contributed by atoms with Crippen molar-refractivity contribution in [3.63, 3.8) is 0 Å². The predicted octanol–water partition coefficient (Wildman–Crippen LogP) is 5.40. The monoisotopic (exact) mass is 293 g/mol. The second kappa shape index (κ2) is 11.4. The summed E-state index contributed by atoms with van der Waals surface area (Å²) in [6, 6.07) is 0. The van der Waals surface area contributed by atoms with Crippen molar-refractivity contribution in [2.24, 2.45) is 0 Å². The second-order valence-electron chi connectivity index (χ2n) is 5.87. The molecule has 0 aliphatic carbocycles. The molecule has 0 saturated heterocycles. The Morgan fingerprint density at radius 3 is 2.05 bits per heavy atom. The Labute approximate surface area is 129 Å². The predicted molar refractivity (Wildman–Crippen MR) is 87.7 cm³/mol. The molecule has 1 aromatic rings. The third kappa shape index (κ3) is 7.93. The van der Waals surface area contributed by atoms with Crippen LogP contribution in [-0.4, -0.2) is 17.6 Å². The Hall–Kier alpha value is -1.25. The molecule has 0 fully saturated rings. The number of unbranched alkanes of at least 4 members (excludes halogenated alkanes) is 9. The van der Waals surface area contributed by atoms with Crippen LogP contribution in [0.15, 0.2) is 12.4 Å². The van der Waals surface area contributed by atoms with E-state index in [2.05, 4.69) is 11.9 Å². The zero-order valence-corrected chi connectivity index (χ0v) is 13.7. The number of ether oxygens (including phenoxy) is 1. The van der Waals surface area contributed by atoms with Crippen molar-refractivity contribution < 1.29 is 9.53 Å². The van der Waals surface area contributed by atoms with Gasteiger partial charge in [-0.1, -0.05) is 64.7 Å². The van der Waals surface area contributed by atoms with Gasteiger partial charge in [0.1, 0.15) is 0 Å². The molecule has 0 bridgehead atoms. The lowest BCUT2D eigenvalue weighted by molar-refractivity contribution is 0.0497. The highest BCUT2D eigenvalue weighted by Gasteiger charge is 2.10. The molecule has 120 valence electrons. The standard InChI is InChI=1S/C18H31NO2/c1-3-4-5-6-7-8-9-10-11-12-13-21-18(20)17-15-19-14-16(17)2/h14-15,19H,3-13H2,1-2H3. The summed E-state index contributed by atoms with van der Waals surface area (Å²) in [7, 11) is 0. The quantitative estimate of drug-likeness (QED) is 0.414. The molecule has 3 nitrogen and oxygen atoms in total. The van der Waals surface area contributed by atoms with Crippen molar-refractivity contribution in [3.8, 4) is 0 Å². The number of carbonyl (C=O) groups is 1. The van der Waals surface area contributed by atoms with Gasteiger partial charge in [-0.2, -0.15) is 0 Å². The fourth-order valence-electron chi connectivity index (χ4n) is 2.49. The topological polar surface area (TPSA) is 42.1 Å². The minimum Gasteiger partial charge on any atom is -0.462 e. The van der Waals surface area contributed by atoms with Gasteiger partial charge in [0.15, 0.2) is 0 Å². The number of aryl methyl sites for hydroxylation is 1. The highest BCUT2D eigenvalue weighted by molar-refractivity contribution is 5.90. The number of H-pyrrole nitrogens is 1. The number of rotatable bonds is 12. The average molecular weight is 293 g/mol. The highest BCUT2D eigenvalue weighted by Crippen LogP contribution is 2.11. The molecule has 0 amide bonds. The molecular weight excluding hydrogens is 262 g/mol. The maximum atomic E-state index is 11.7. The first kappa shape index (κ1) is 17.8. The Morgan fingerprint density at radius 2 is 1.52 bits per heavy atom. The van der Waals surface area contributed by atoms with E-state index in [9.17, 15) is 4.79 Å². The van der Waals surface area contributed by atoms with Crippen molar-refractivity contribution in [3.05, 3.63) is 23.5 Å². The van der Waals surface area contributed by atoms with E-state index in [0.717, 1.165) is 18.4 Å². The van der Waals surface area contributed by atoms with Crippen molar-refractivity contribution in [2.45, 2.75) is 78.1 Å². The van der Waals surface area contributed by atoms with Crippen molar-refractivity contribution >= 4 is 5.97 Å². The number of nitrogens with one attached hydrogen (secondary N) is 1. The Bertz CT molecular complexity index is 384. The van der Waals surface area contributed by atoms with E-state index in [0.29, 0.717) is 12.2 Å². The van der Waals surface area contributed by atoms with Crippen LogP contribution >= 0.6 is 0 Å². The van der Waals surface area contributed by atoms with E-state index in [1.165, 1.54) is 51.4 Å². The zero-order chi connectivity index (χ0) is 15.3. The van der Waals surface area contributed by atoms with Gasteiger partial charge in [-0.05, 0) is 18.9 Å². The molecule has 0 atom stereocenters. The van der Waals surface area contributed by atoms with Crippen LogP contribution in [-0.2, 0) is 4.74 Å². The van der Waals surface area contributed by atoms with E-state index < -0.39 is 0 Å². The van der Waals surface area contributed by atoms with Gasteiger partial charge in [-0.15, -0.1) is 0 Å². The van der Waals surface area contributed by atoms with E-state index in [1.807, 2.05) is 13.1 Å². The van der Waals surface area contributed by atoms with Crippen molar-refractivity contribution in [2.75, 3.05) is 6.61 Å². The van der Waals surface area contributed by atoms with Gasteiger partial charge in [0, 0.05) is 12.4 Å². The molecule has 1 aromatic heterocycles. The molecule has 0 spiro atoms. The first-order chi connectivity index (χ1) is 10.3. The maximum Gasteiger partial charge on any atom is 0.339 e. The number of hydrogen-bond acceptors (Lipinski definition) is 2. The third-order valence-electron chi connectivity index (χ3n) is 3.90. The number of aromatic amines is 1. The van der Waals surface area contributed by atoms with Crippen LogP contribution in [0.4, 0.5) is 0 Å². The van der Waals surface area contributed by atoms with Crippen LogP contribution in [0.3, 0.4) is 0 Å². The average Bonchev–Trinajstić information content (AvgIpc) is 2.91.